The molecule has 0 aromatic rings. The van der Waals surface area contributed by atoms with Crippen LogP contribution < -0.4 is 5.32 Å². The topological polar surface area (TPSA) is 97.4 Å². The number of hydrogen-bond donors (Lipinski definition) is 1. The second-order valence-corrected chi connectivity index (χ2v) is 10.2. The monoisotopic (exact) mass is 447 g/mol. The van der Waals surface area contributed by atoms with Crippen LogP contribution in [-0.2, 0) is 14.2 Å². The van der Waals surface area contributed by atoms with Crippen molar-refractivity contribution in [1.29, 1.82) is 0 Å². The first-order valence-electron chi connectivity index (χ1n) is 10.6. The molecule has 0 aliphatic carbocycles. The molecule has 1 aliphatic heterocycles. The van der Waals surface area contributed by atoms with Crippen LogP contribution in [0.2, 0.25) is 0 Å². The molecular weight excluding hydrogens is 409 g/mol. The summed E-state index contributed by atoms with van der Waals surface area (Å²) < 4.78 is 28.9. The van der Waals surface area contributed by atoms with E-state index in [2.05, 4.69) is 5.32 Å². The van der Waals surface area contributed by atoms with Crippen molar-refractivity contribution in [1.82, 2.24) is 15.1 Å². The highest BCUT2D eigenvalue weighted by Gasteiger charge is 2.42. The number of likely N-dealkylation sites (tertiary alicyclic amines) is 1. The third-order valence-electron chi connectivity index (χ3n) is 4.30. The van der Waals surface area contributed by atoms with Gasteiger partial charge in [0.1, 0.15) is 23.0 Å². The van der Waals surface area contributed by atoms with Crippen molar-refractivity contribution < 1.29 is 33.0 Å². The van der Waals surface area contributed by atoms with E-state index in [0.29, 0.717) is 19.4 Å². The molecule has 1 fully saturated rings. The highest BCUT2D eigenvalue weighted by molar-refractivity contribution is 5.88. The second-order valence-electron chi connectivity index (χ2n) is 10.2. The molecule has 180 valence electrons. The fraction of sp³-hybridized carbons (Fsp3) is 0.857. The van der Waals surface area contributed by atoms with E-state index in [1.54, 1.807) is 60.3 Å². The lowest BCUT2D eigenvalue weighted by molar-refractivity contribution is -0.0316. The number of rotatable bonds is 6. The van der Waals surface area contributed by atoms with Gasteiger partial charge in [-0.05, 0) is 68.2 Å². The molecule has 1 heterocycles. The maximum Gasteiger partial charge on any atom is 0.421 e. The number of hydrogen-bond acceptors (Lipinski definition) is 7. The molecule has 0 aromatic heterocycles. The Morgan fingerprint density at radius 3 is 2.03 bits per heavy atom. The second kappa shape index (κ2) is 10.5. The van der Waals surface area contributed by atoms with Crippen LogP contribution in [0.4, 0.5) is 18.8 Å². The standard InChI is InChI=1S/C21H38FN3O6/c1-19(2,3)29-16(26)23-14-24-13-9-10-15(24)25(17(27)30-20(4,5)6)18(28)31-21(7,8)11-12-22/h15H,9-14H2,1-8H3,(H,23,26). The lowest BCUT2D eigenvalue weighted by atomic mass is 10.1. The maximum absolute atomic E-state index is 13.0. The van der Waals surface area contributed by atoms with Crippen LogP contribution in [-0.4, -0.2) is 70.9 Å². The van der Waals surface area contributed by atoms with Crippen LogP contribution in [0.5, 0.6) is 0 Å². The summed E-state index contributed by atoms with van der Waals surface area (Å²) in [6.07, 6.45) is -1.89. The molecule has 0 saturated carbocycles. The van der Waals surface area contributed by atoms with E-state index >= 15 is 0 Å². The van der Waals surface area contributed by atoms with Gasteiger partial charge in [0.15, 0.2) is 0 Å². The van der Waals surface area contributed by atoms with Gasteiger partial charge in [-0.1, -0.05) is 0 Å². The van der Waals surface area contributed by atoms with E-state index < -0.39 is 47.9 Å². The Morgan fingerprint density at radius 1 is 0.968 bits per heavy atom. The average molecular weight is 448 g/mol. The predicted octanol–water partition coefficient (Wildman–Crippen LogP) is 4.40. The number of nitrogens with one attached hydrogen (secondary N) is 1. The molecule has 1 N–H and O–H groups in total. The van der Waals surface area contributed by atoms with Gasteiger partial charge in [-0.2, -0.15) is 4.90 Å². The summed E-state index contributed by atoms with van der Waals surface area (Å²) >= 11 is 0. The Morgan fingerprint density at radius 2 is 1.52 bits per heavy atom. The molecule has 3 amide bonds. The summed E-state index contributed by atoms with van der Waals surface area (Å²) in [5.74, 6) is 0. The zero-order chi connectivity index (χ0) is 24.0. The van der Waals surface area contributed by atoms with Crippen LogP contribution in [0.3, 0.4) is 0 Å². The van der Waals surface area contributed by atoms with Gasteiger partial charge in [-0.3, -0.25) is 9.29 Å². The molecule has 1 saturated heterocycles. The van der Waals surface area contributed by atoms with E-state index in [9.17, 15) is 18.8 Å². The van der Waals surface area contributed by atoms with Crippen molar-refractivity contribution in [2.75, 3.05) is 19.9 Å². The minimum absolute atomic E-state index is 0.00449. The Kier molecular flexibility index (Phi) is 9.10. The Hall–Kier alpha value is -2.10. The number of amides is 3. The zero-order valence-electron chi connectivity index (χ0n) is 20.0. The molecule has 9 nitrogen and oxygen atoms in total. The predicted molar refractivity (Wildman–Crippen MR) is 113 cm³/mol. The molecule has 0 radical (unpaired) electrons. The third kappa shape index (κ3) is 9.71. The summed E-state index contributed by atoms with van der Waals surface area (Å²) in [7, 11) is 0. The quantitative estimate of drug-likeness (QED) is 0.603. The van der Waals surface area contributed by atoms with Crippen molar-refractivity contribution in [3.8, 4) is 0 Å². The summed E-state index contributed by atoms with van der Waals surface area (Å²) in [6, 6.07) is 0. The molecule has 1 unspecified atom stereocenters. The van der Waals surface area contributed by atoms with Crippen LogP contribution >= 0.6 is 0 Å². The summed E-state index contributed by atoms with van der Waals surface area (Å²) in [5, 5.41) is 2.64. The summed E-state index contributed by atoms with van der Waals surface area (Å²) in [4.78, 5) is 40.5. The highest BCUT2D eigenvalue weighted by Crippen LogP contribution is 2.26. The molecule has 0 aromatic carbocycles. The first kappa shape index (κ1) is 26.9. The van der Waals surface area contributed by atoms with Gasteiger partial charge in [0.25, 0.3) is 0 Å². The van der Waals surface area contributed by atoms with Crippen molar-refractivity contribution in [3.63, 3.8) is 0 Å². The van der Waals surface area contributed by atoms with Gasteiger partial charge in [0.2, 0.25) is 0 Å². The first-order valence-corrected chi connectivity index (χ1v) is 10.6. The van der Waals surface area contributed by atoms with Gasteiger partial charge in [0, 0.05) is 13.0 Å². The zero-order valence-corrected chi connectivity index (χ0v) is 20.0. The van der Waals surface area contributed by atoms with E-state index in [0.717, 1.165) is 4.90 Å². The van der Waals surface area contributed by atoms with Gasteiger partial charge < -0.3 is 19.5 Å². The number of alkyl halides is 1. The number of alkyl carbamates (subject to hydrolysis) is 1. The fourth-order valence-corrected chi connectivity index (χ4v) is 2.96. The minimum atomic E-state index is -1.09. The van der Waals surface area contributed by atoms with Crippen LogP contribution in [0.15, 0.2) is 0 Å². The molecule has 1 atom stereocenters. The number of nitrogens with zero attached hydrogens (tertiary/aromatic N) is 2. The highest BCUT2D eigenvalue weighted by atomic mass is 19.1. The van der Waals surface area contributed by atoms with E-state index in [4.69, 9.17) is 14.2 Å². The largest absolute Gasteiger partial charge is 0.444 e. The first-order chi connectivity index (χ1) is 14.0. The molecule has 10 heteroatoms. The molecule has 1 aliphatic rings. The Balaban J connectivity index is 3.00. The van der Waals surface area contributed by atoms with Crippen LogP contribution in [0.1, 0.15) is 74.7 Å². The normalized spacial score (nSPS) is 17.8. The molecule has 1 rings (SSSR count). The van der Waals surface area contributed by atoms with Crippen molar-refractivity contribution in [3.05, 3.63) is 0 Å². The van der Waals surface area contributed by atoms with Crippen molar-refractivity contribution >= 4 is 18.3 Å². The Bertz CT molecular complexity index is 642. The average Bonchev–Trinajstić information content (AvgIpc) is 2.97. The van der Waals surface area contributed by atoms with Gasteiger partial charge in [0.05, 0.1) is 13.3 Å². The molecule has 31 heavy (non-hydrogen) atoms. The molecular formula is C21H38FN3O6. The van der Waals surface area contributed by atoms with Crippen LogP contribution in [0, 0.1) is 0 Å². The summed E-state index contributed by atoms with van der Waals surface area (Å²) in [5.41, 5.74) is -2.57. The SMILES string of the molecule is CC(C)(C)OC(=O)NCN1CCCC1N(C(=O)OC(C)(C)C)C(=O)OC(C)(C)CCF. The van der Waals surface area contributed by atoms with Crippen LogP contribution in [0.25, 0.3) is 0 Å². The van der Waals surface area contributed by atoms with E-state index in [1.165, 1.54) is 0 Å². The number of ether oxygens (including phenoxy) is 3. The van der Waals surface area contributed by atoms with E-state index in [-0.39, 0.29) is 13.1 Å². The molecule has 0 bridgehead atoms. The van der Waals surface area contributed by atoms with Crippen molar-refractivity contribution in [2.45, 2.75) is 97.6 Å². The van der Waals surface area contributed by atoms with Gasteiger partial charge in [-0.25, -0.2) is 14.4 Å². The van der Waals surface area contributed by atoms with Gasteiger partial charge >= 0.3 is 18.3 Å². The van der Waals surface area contributed by atoms with Gasteiger partial charge in [-0.15, -0.1) is 0 Å². The smallest absolute Gasteiger partial charge is 0.421 e. The maximum atomic E-state index is 13.0. The Labute approximate surface area is 184 Å². The number of carbonyl (C=O) groups excluding carboxylic acids is 3. The fourth-order valence-electron chi connectivity index (χ4n) is 2.96. The minimum Gasteiger partial charge on any atom is -0.444 e. The number of carbonyl (C=O) groups is 3. The lowest BCUT2D eigenvalue weighted by Crippen LogP contribution is -2.55. The lowest BCUT2D eigenvalue weighted by Gasteiger charge is -2.36. The van der Waals surface area contributed by atoms with E-state index in [1.807, 2.05) is 0 Å². The van der Waals surface area contributed by atoms with Crippen molar-refractivity contribution in [2.24, 2.45) is 0 Å². The number of imide groups is 1. The summed E-state index contributed by atoms with van der Waals surface area (Å²) in [6.45, 7) is 13.4. The molecule has 0 spiro atoms. The third-order valence-corrected chi connectivity index (χ3v) is 4.30. The number of halogens is 1.